The number of carbonyl (C=O) groups is 1. The van der Waals surface area contributed by atoms with Crippen LogP contribution >= 0.6 is 12.4 Å². The molecule has 1 saturated heterocycles. The van der Waals surface area contributed by atoms with Gasteiger partial charge in [-0.2, -0.15) is 18.4 Å². The molecule has 2 heterocycles. The number of amides is 2. The Hall–Kier alpha value is -4.36. The van der Waals surface area contributed by atoms with E-state index in [1.165, 1.54) is 12.1 Å². The maximum absolute atomic E-state index is 13.0. The summed E-state index contributed by atoms with van der Waals surface area (Å²) >= 11 is 0. The lowest BCUT2D eigenvalue weighted by Crippen LogP contribution is -2.55. The first-order chi connectivity index (χ1) is 18.2. The number of aromatic nitrogens is 2. The zero-order valence-corrected chi connectivity index (χ0v) is 21.6. The van der Waals surface area contributed by atoms with Gasteiger partial charge >= 0.3 is 12.2 Å². The molecule has 1 aliphatic rings. The maximum Gasteiger partial charge on any atom is 0.416 e. The number of piperazine rings is 1. The third-order valence-electron chi connectivity index (χ3n) is 6.61. The second-order valence-corrected chi connectivity index (χ2v) is 9.10. The van der Waals surface area contributed by atoms with Gasteiger partial charge in [0.05, 0.1) is 17.2 Å². The first-order valence-electron chi connectivity index (χ1n) is 12.0. The van der Waals surface area contributed by atoms with Crippen LogP contribution in [0.2, 0.25) is 0 Å². The molecule has 1 aliphatic heterocycles. The SMILES string of the molecule is CC1CN(c2nnc(-c3ccc(C(F)(F)F)cc3)c3ccccc23)CCN1C(=O)Nc1ccc(C#N)cc1.Cl. The zero-order chi connectivity index (χ0) is 26.9. The quantitative estimate of drug-likeness (QED) is 0.320. The van der Waals surface area contributed by atoms with Gasteiger partial charge in [-0.1, -0.05) is 36.4 Å². The molecule has 3 aromatic carbocycles. The van der Waals surface area contributed by atoms with Gasteiger partial charge in [-0.3, -0.25) is 0 Å². The molecule has 0 spiro atoms. The van der Waals surface area contributed by atoms with E-state index in [1.807, 2.05) is 31.2 Å². The van der Waals surface area contributed by atoms with Crippen LogP contribution in [0.15, 0.2) is 72.8 Å². The van der Waals surface area contributed by atoms with Gasteiger partial charge in [0.25, 0.3) is 0 Å². The van der Waals surface area contributed by atoms with Crippen molar-refractivity contribution in [3.8, 4) is 17.3 Å². The average Bonchev–Trinajstić information content (AvgIpc) is 2.92. The summed E-state index contributed by atoms with van der Waals surface area (Å²) in [4.78, 5) is 16.7. The van der Waals surface area contributed by atoms with Crippen molar-refractivity contribution in [2.75, 3.05) is 29.9 Å². The second-order valence-electron chi connectivity index (χ2n) is 9.10. The molecule has 0 saturated carbocycles. The van der Waals surface area contributed by atoms with Crippen molar-refractivity contribution in [2.45, 2.75) is 19.1 Å². The third kappa shape index (κ3) is 5.73. The van der Waals surface area contributed by atoms with Gasteiger partial charge in [-0.25, -0.2) is 4.79 Å². The minimum Gasteiger partial charge on any atom is -0.351 e. The highest BCUT2D eigenvalue weighted by atomic mass is 35.5. The Labute approximate surface area is 229 Å². The predicted molar refractivity (Wildman–Crippen MR) is 146 cm³/mol. The number of halogens is 4. The molecular formula is C28H24ClF3N6O. The fraction of sp³-hybridized carbons (Fsp3) is 0.214. The molecule has 7 nitrogen and oxygen atoms in total. The first-order valence-corrected chi connectivity index (χ1v) is 12.0. The standard InChI is InChI=1S/C28H23F3N6O.ClH/c1-18-17-36(14-15-37(18)27(38)33-22-12-6-19(16-32)7-13-22)26-24-5-3-2-4-23(24)25(34-35-26)20-8-10-21(11-9-20)28(29,30)31;/h2-13,18H,14-15,17H2,1H3,(H,33,38);1H. The van der Waals surface area contributed by atoms with Crippen molar-refractivity contribution < 1.29 is 18.0 Å². The monoisotopic (exact) mass is 552 g/mol. The van der Waals surface area contributed by atoms with Crippen LogP contribution in [0.4, 0.5) is 29.5 Å². The van der Waals surface area contributed by atoms with Crippen LogP contribution in [0.3, 0.4) is 0 Å². The Morgan fingerprint density at radius 2 is 1.64 bits per heavy atom. The van der Waals surface area contributed by atoms with Crippen LogP contribution in [0.25, 0.3) is 22.0 Å². The summed E-state index contributed by atoms with van der Waals surface area (Å²) in [5.74, 6) is 0.662. The molecule has 1 N–H and O–H groups in total. The molecule has 1 fully saturated rings. The Bertz CT molecular complexity index is 1520. The van der Waals surface area contributed by atoms with Gasteiger partial charge in [0.2, 0.25) is 0 Å². The van der Waals surface area contributed by atoms with E-state index in [-0.39, 0.29) is 24.5 Å². The second kappa shape index (κ2) is 11.2. The molecule has 0 aliphatic carbocycles. The van der Waals surface area contributed by atoms with Gasteiger partial charge < -0.3 is 15.1 Å². The number of carbonyl (C=O) groups excluding carboxylic acids is 1. The van der Waals surface area contributed by atoms with Crippen LogP contribution in [-0.4, -0.2) is 46.8 Å². The summed E-state index contributed by atoms with van der Waals surface area (Å²) in [7, 11) is 0. The lowest BCUT2D eigenvalue weighted by molar-refractivity contribution is -0.137. The minimum atomic E-state index is -4.41. The van der Waals surface area contributed by atoms with E-state index < -0.39 is 11.7 Å². The van der Waals surface area contributed by atoms with Crippen molar-refractivity contribution >= 4 is 40.7 Å². The van der Waals surface area contributed by atoms with Gasteiger partial charge in [-0.05, 0) is 43.3 Å². The first kappa shape index (κ1) is 27.7. The Morgan fingerprint density at radius 3 is 2.26 bits per heavy atom. The topological polar surface area (TPSA) is 85.2 Å². The van der Waals surface area contributed by atoms with Crippen molar-refractivity contribution in [3.63, 3.8) is 0 Å². The van der Waals surface area contributed by atoms with Crippen LogP contribution in [0.5, 0.6) is 0 Å². The van der Waals surface area contributed by atoms with E-state index in [0.717, 1.165) is 22.9 Å². The highest BCUT2D eigenvalue weighted by molar-refractivity contribution is 6.00. The molecule has 1 unspecified atom stereocenters. The largest absolute Gasteiger partial charge is 0.416 e. The van der Waals surface area contributed by atoms with Crippen molar-refractivity contribution in [2.24, 2.45) is 0 Å². The number of rotatable bonds is 3. The fourth-order valence-corrected chi connectivity index (χ4v) is 4.63. The number of fused-ring (bicyclic) bond motifs is 1. The van der Waals surface area contributed by atoms with Gasteiger partial charge in [0.1, 0.15) is 5.69 Å². The Balaban J connectivity index is 0.00000353. The summed E-state index contributed by atoms with van der Waals surface area (Å²) in [5.41, 5.74) is 1.46. The van der Waals surface area contributed by atoms with Crippen LogP contribution < -0.4 is 10.2 Å². The molecule has 0 radical (unpaired) electrons. The van der Waals surface area contributed by atoms with E-state index in [1.54, 1.807) is 29.2 Å². The molecule has 1 aromatic heterocycles. The van der Waals surface area contributed by atoms with Gasteiger partial charge in [-0.15, -0.1) is 22.6 Å². The van der Waals surface area contributed by atoms with Gasteiger partial charge in [0, 0.05) is 47.7 Å². The predicted octanol–water partition coefficient (Wildman–Crippen LogP) is 6.35. The smallest absolute Gasteiger partial charge is 0.351 e. The number of nitrogens with zero attached hydrogens (tertiary/aromatic N) is 5. The zero-order valence-electron chi connectivity index (χ0n) is 20.8. The van der Waals surface area contributed by atoms with E-state index in [4.69, 9.17) is 5.26 Å². The van der Waals surface area contributed by atoms with Crippen LogP contribution in [0, 0.1) is 11.3 Å². The van der Waals surface area contributed by atoms with Crippen molar-refractivity contribution in [1.29, 1.82) is 5.26 Å². The van der Waals surface area contributed by atoms with Crippen LogP contribution in [-0.2, 0) is 6.18 Å². The number of urea groups is 1. The van der Waals surface area contributed by atoms with E-state index in [0.29, 0.717) is 48.0 Å². The lowest BCUT2D eigenvalue weighted by Gasteiger charge is -2.40. The maximum atomic E-state index is 13.0. The normalized spacial score (nSPS) is 15.4. The summed E-state index contributed by atoms with van der Waals surface area (Å²) in [5, 5.41) is 22.3. The Morgan fingerprint density at radius 1 is 0.974 bits per heavy atom. The molecule has 39 heavy (non-hydrogen) atoms. The number of benzene rings is 3. The molecule has 0 bridgehead atoms. The number of hydrogen-bond donors (Lipinski definition) is 1. The molecule has 2 amide bonds. The fourth-order valence-electron chi connectivity index (χ4n) is 4.63. The van der Waals surface area contributed by atoms with Crippen molar-refractivity contribution in [3.05, 3.63) is 83.9 Å². The number of hydrogen-bond acceptors (Lipinski definition) is 5. The summed E-state index contributed by atoms with van der Waals surface area (Å²) in [6, 6.07) is 20.8. The van der Waals surface area contributed by atoms with Crippen molar-refractivity contribution in [1.82, 2.24) is 15.1 Å². The Kier molecular flexibility index (Phi) is 7.93. The number of anilines is 2. The van der Waals surface area contributed by atoms with E-state index >= 15 is 0 Å². The molecule has 4 aromatic rings. The van der Waals surface area contributed by atoms with E-state index in [2.05, 4.69) is 26.5 Å². The average molecular weight is 553 g/mol. The molecule has 5 rings (SSSR count). The van der Waals surface area contributed by atoms with E-state index in [9.17, 15) is 18.0 Å². The van der Waals surface area contributed by atoms with Gasteiger partial charge in [0.15, 0.2) is 5.82 Å². The number of nitrogens with one attached hydrogen (secondary N) is 1. The summed E-state index contributed by atoms with van der Waals surface area (Å²) in [6.45, 7) is 3.47. The number of nitriles is 1. The highest BCUT2D eigenvalue weighted by Gasteiger charge is 2.31. The molecular weight excluding hydrogens is 529 g/mol. The molecule has 200 valence electrons. The lowest BCUT2D eigenvalue weighted by atomic mass is 10.0. The minimum absolute atomic E-state index is 0. The molecule has 11 heteroatoms. The molecule has 1 atom stereocenters. The summed E-state index contributed by atoms with van der Waals surface area (Å²) in [6.07, 6.45) is -4.41. The summed E-state index contributed by atoms with van der Waals surface area (Å²) < 4.78 is 39.0. The third-order valence-corrected chi connectivity index (χ3v) is 6.61. The number of alkyl halides is 3. The van der Waals surface area contributed by atoms with Crippen LogP contribution in [0.1, 0.15) is 18.1 Å². The highest BCUT2D eigenvalue weighted by Crippen LogP contribution is 2.34.